The molecule has 1 aliphatic rings. The summed E-state index contributed by atoms with van der Waals surface area (Å²) >= 11 is 0. The van der Waals surface area contributed by atoms with E-state index in [9.17, 15) is 4.79 Å². The lowest BCUT2D eigenvalue weighted by Crippen LogP contribution is -2.11. The molecule has 2 nitrogen and oxygen atoms in total. The average molecular weight is 252 g/mol. The quantitative estimate of drug-likeness (QED) is 0.572. The van der Waals surface area contributed by atoms with E-state index in [1.54, 1.807) is 0 Å². The Hall–Kier alpha value is -2.09. The molecule has 1 aliphatic heterocycles. The molecule has 0 aromatic heterocycles. The topological polar surface area (TPSA) is 26.3 Å². The van der Waals surface area contributed by atoms with Gasteiger partial charge in [0, 0.05) is 5.56 Å². The van der Waals surface area contributed by atoms with Gasteiger partial charge in [0.2, 0.25) is 0 Å². The molecule has 2 aromatic carbocycles. The maximum atomic E-state index is 12.1. The molecular formula is C17H16O2. The van der Waals surface area contributed by atoms with E-state index >= 15 is 0 Å². The number of benzene rings is 2. The van der Waals surface area contributed by atoms with Crippen LogP contribution < -0.4 is 4.74 Å². The Balaban J connectivity index is 2.13. The molecular weight excluding hydrogens is 236 g/mol. The highest BCUT2D eigenvalue weighted by molar-refractivity contribution is 5.89. The normalized spacial score (nSPS) is 17.2. The Morgan fingerprint density at radius 3 is 2.47 bits per heavy atom. The predicted octanol–water partition coefficient (Wildman–Crippen LogP) is 3.66. The lowest BCUT2D eigenvalue weighted by atomic mass is 9.90. The lowest BCUT2D eigenvalue weighted by Gasteiger charge is -2.10. The van der Waals surface area contributed by atoms with Crippen LogP contribution in [0.2, 0.25) is 0 Å². The zero-order valence-electron chi connectivity index (χ0n) is 11.4. The second-order valence-corrected chi connectivity index (χ2v) is 5.24. The number of carbonyl (C=O) groups excluding carboxylic acids is 1. The van der Waals surface area contributed by atoms with Gasteiger partial charge < -0.3 is 4.74 Å². The fourth-order valence-electron chi connectivity index (χ4n) is 2.54. The standard InChI is InChI=1S/C17H16O2/c1-10-4-7-15-14(8-10)16(17(18)19-15)13-6-5-11(2)12(3)9-13/h4-9,16H,1-3H3/t16-/m0/s1. The van der Waals surface area contributed by atoms with Gasteiger partial charge in [-0.2, -0.15) is 0 Å². The summed E-state index contributed by atoms with van der Waals surface area (Å²) in [5.74, 6) is 0.233. The molecule has 1 heterocycles. The summed E-state index contributed by atoms with van der Waals surface area (Å²) in [5.41, 5.74) is 5.57. The van der Waals surface area contributed by atoms with Crippen molar-refractivity contribution in [3.8, 4) is 5.75 Å². The van der Waals surface area contributed by atoms with E-state index in [1.807, 2.05) is 31.2 Å². The fraction of sp³-hybridized carbons (Fsp3) is 0.235. The average Bonchev–Trinajstić information content (AvgIpc) is 2.68. The predicted molar refractivity (Wildman–Crippen MR) is 74.6 cm³/mol. The van der Waals surface area contributed by atoms with Crippen LogP contribution in [0.25, 0.3) is 0 Å². The van der Waals surface area contributed by atoms with Gasteiger partial charge in [0.1, 0.15) is 11.7 Å². The van der Waals surface area contributed by atoms with Crippen molar-refractivity contribution < 1.29 is 9.53 Å². The van der Waals surface area contributed by atoms with Gasteiger partial charge in [-0.1, -0.05) is 35.9 Å². The first-order chi connectivity index (χ1) is 9.06. The van der Waals surface area contributed by atoms with Crippen LogP contribution in [0, 0.1) is 20.8 Å². The van der Waals surface area contributed by atoms with Crippen molar-refractivity contribution >= 4 is 5.97 Å². The molecule has 0 N–H and O–H groups in total. The van der Waals surface area contributed by atoms with Crippen molar-refractivity contribution in [2.45, 2.75) is 26.7 Å². The van der Waals surface area contributed by atoms with Crippen LogP contribution in [-0.2, 0) is 4.79 Å². The first-order valence-electron chi connectivity index (χ1n) is 6.45. The molecule has 0 bridgehead atoms. The van der Waals surface area contributed by atoms with E-state index in [-0.39, 0.29) is 11.9 Å². The van der Waals surface area contributed by atoms with E-state index in [1.165, 1.54) is 11.1 Å². The van der Waals surface area contributed by atoms with Crippen molar-refractivity contribution in [3.63, 3.8) is 0 Å². The zero-order valence-corrected chi connectivity index (χ0v) is 11.4. The number of aryl methyl sites for hydroxylation is 3. The van der Waals surface area contributed by atoms with Gasteiger partial charge in [0.05, 0.1) is 0 Å². The molecule has 2 heteroatoms. The first kappa shape index (κ1) is 12.0. The largest absolute Gasteiger partial charge is 0.425 e. The van der Waals surface area contributed by atoms with E-state index < -0.39 is 0 Å². The third-order valence-electron chi connectivity index (χ3n) is 3.79. The molecule has 1 atom stereocenters. The van der Waals surface area contributed by atoms with E-state index in [4.69, 9.17) is 4.74 Å². The molecule has 19 heavy (non-hydrogen) atoms. The van der Waals surface area contributed by atoms with Crippen LogP contribution in [0.15, 0.2) is 36.4 Å². The Labute approximate surface area is 113 Å². The molecule has 0 radical (unpaired) electrons. The summed E-state index contributed by atoms with van der Waals surface area (Å²) in [7, 11) is 0. The summed E-state index contributed by atoms with van der Waals surface area (Å²) in [4.78, 5) is 12.1. The van der Waals surface area contributed by atoms with Gasteiger partial charge in [0.25, 0.3) is 0 Å². The van der Waals surface area contributed by atoms with Crippen LogP contribution in [0.3, 0.4) is 0 Å². The molecule has 0 unspecified atom stereocenters. The van der Waals surface area contributed by atoms with Crippen molar-refractivity contribution in [3.05, 3.63) is 64.2 Å². The maximum absolute atomic E-state index is 12.1. The van der Waals surface area contributed by atoms with Crippen molar-refractivity contribution in [2.24, 2.45) is 0 Å². The van der Waals surface area contributed by atoms with Gasteiger partial charge in [-0.25, -0.2) is 0 Å². The van der Waals surface area contributed by atoms with Crippen LogP contribution in [0.4, 0.5) is 0 Å². The van der Waals surface area contributed by atoms with Crippen LogP contribution in [-0.4, -0.2) is 5.97 Å². The summed E-state index contributed by atoms with van der Waals surface area (Å²) in [6, 6.07) is 12.1. The maximum Gasteiger partial charge on any atom is 0.323 e. The number of carbonyl (C=O) groups is 1. The summed E-state index contributed by atoms with van der Waals surface area (Å²) in [5, 5.41) is 0. The van der Waals surface area contributed by atoms with Crippen molar-refractivity contribution in [1.29, 1.82) is 0 Å². The summed E-state index contributed by atoms with van der Waals surface area (Å²) in [6.45, 7) is 6.17. The molecule has 96 valence electrons. The van der Waals surface area contributed by atoms with Gasteiger partial charge >= 0.3 is 5.97 Å². The molecule has 0 aliphatic carbocycles. The second-order valence-electron chi connectivity index (χ2n) is 5.24. The number of ether oxygens (including phenoxy) is 1. The Bertz CT molecular complexity index is 671. The third-order valence-corrected chi connectivity index (χ3v) is 3.79. The Kier molecular flexibility index (Phi) is 2.67. The molecule has 0 saturated heterocycles. The molecule has 3 rings (SSSR count). The van der Waals surface area contributed by atoms with E-state index in [0.717, 1.165) is 16.7 Å². The highest BCUT2D eigenvalue weighted by Crippen LogP contribution is 2.39. The van der Waals surface area contributed by atoms with Crippen molar-refractivity contribution in [2.75, 3.05) is 0 Å². The summed E-state index contributed by atoms with van der Waals surface area (Å²) in [6.07, 6.45) is 0. The minimum Gasteiger partial charge on any atom is -0.425 e. The van der Waals surface area contributed by atoms with Gasteiger partial charge in [-0.15, -0.1) is 0 Å². The van der Waals surface area contributed by atoms with Crippen LogP contribution in [0.5, 0.6) is 5.75 Å². The number of hydrogen-bond acceptors (Lipinski definition) is 2. The second kappa shape index (κ2) is 4.23. The highest BCUT2D eigenvalue weighted by Gasteiger charge is 2.34. The lowest BCUT2D eigenvalue weighted by molar-refractivity contribution is -0.133. The van der Waals surface area contributed by atoms with E-state index in [2.05, 4.69) is 26.0 Å². The molecule has 0 fully saturated rings. The third kappa shape index (κ3) is 1.93. The number of fused-ring (bicyclic) bond motifs is 1. The number of hydrogen-bond donors (Lipinski definition) is 0. The number of rotatable bonds is 1. The van der Waals surface area contributed by atoms with Crippen LogP contribution in [0.1, 0.15) is 33.7 Å². The monoisotopic (exact) mass is 252 g/mol. The first-order valence-corrected chi connectivity index (χ1v) is 6.45. The molecule has 0 amide bonds. The van der Waals surface area contributed by atoms with Gasteiger partial charge in [0.15, 0.2) is 0 Å². The Morgan fingerprint density at radius 1 is 0.947 bits per heavy atom. The number of esters is 1. The zero-order chi connectivity index (χ0) is 13.6. The van der Waals surface area contributed by atoms with Gasteiger partial charge in [-0.3, -0.25) is 4.79 Å². The Morgan fingerprint density at radius 2 is 1.74 bits per heavy atom. The molecule has 0 spiro atoms. The minimum absolute atomic E-state index is 0.177. The van der Waals surface area contributed by atoms with Crippen LogP contribution >= 0.6 is 0 Å². The molecule has 0 saturated carbocycles. The smallest absolute Gasteiger partial charge is 0.323 e. The van der Waals surface area contributed by atoms with Crippen molar-refractivity contribution in [1.82, 2.24) is 0 Å². The van der Waals surface area contributed by atoms with E-state index in [0.29, 0.717) is 5.75 Å². The SMILES string of the molecule is Cc1ccc2c(c1)[C@H](c1ccc(C)c(C)c1)C(=O)O2. The van der Waals surface area contributed by atoms with Gasteiger partial charge in [-0.05, 0) is 43.5 Å². The fourth-order valence-corrected chi connectivity index (χ4v) is 2.54. The molecule has 2 aromatic rings. The highest BCUT2D eigenvalue weighted by atomic mass is 16.5. The minimum atomic E-state index is -0.283. The summed E-state index contributed by atoms with van der Waals surface area (Å²) < 4.78 is 5.36.